The average Bonchev–Trinajstić information content (AvgIpc) is 2.48. The summed E-state index contributed by atoms with van der Waals surface area (Å²) in [6.07, 6.45) is 0.812. The number of hydrogen-bond donors (Lipinski definition) is 1. The number of halogens is 3. The molecule has 2 aromatic rings. The summed E-state index contributed by atoms with van der Waals surface area (Å²) in [4.78, 5) is 0. The van der Waals surface area contributed by atoms with E-state index in [0.717, 1.165) is 6.42 Å². The molecule has 1 N–H and O–H groups in total. The summed E-state index contributed by atoms with van der Waals surface area (Å²) in [5.74, 6) is 0.103. The summed E-state index contributed by atoms with van der Waals surface area (Å²) in [5.41, 5.74) is 1.76. The molecule has 1 atom stereocenters. The van der Waals surface area contributed by atoms with Crippen molar-refractivity contribution in [2.75, 3.05) is 5.88 Å². The molecule has 0 saturated carbocycles. The van der Waals surface area contributed by atoms with Crippen LogP contribution in [-0.4, -0.2) is 11.9 Å². The van der Waals surface area contributed by atoms with Crippen molar-refractivity contribution in [1.29, 1.82) is 0 Å². The number of hydrogen-bond acceptors (Lipinski definition) is 1. The highest BCUT2D eigenvalue weighted by atomic mass is 35.5. The highest BCUT2D eigenvalue weighted by Crippen LogP contribution is 2.18. The Morgan fingerprint density at radius 2 is 1.80 bits per heavy atom. The number of nitrogens with one attached hydrogen (secondary N) is 1. The van der Waals surface area contributed by atoms with Crippen molar-refractivity contribution in [1.82, 2.24) is 5.32 Å². The highest BCUT2D eigenvalue weighted by Gasteiger charge is 2.11. The van der Waals surface area contributed by atoms with Crippen LogP contribution in [0.25, 0.3) is 0 Å². The predicted molar refractivity (Wildman–Crippen MR) is 82.9 cm³/mol. The van der Waals surface area contributed by atoms with E-state index >= 15 is 0 Å². The van der Waals surface area contributed by atoms with Crippen molar-refractivity contribution < 1.29 is 4.39 Å². The Bertz CT molecular complexity index is 545. The van der Waals surface area contributed by atoms with Crippen LogP contribution in [0.4, 0.5) is 4.39 Å². The van der Waals surface area contributed by atoms with E-state index in [1.54, 1.807) is 18.2 Å². The van der Waals surface area contributed by atoms with E-state index in [4.69, 9.17) is 23.2 Å². The zero-order chi connectivity index (χ0) is 14.4. The van der Waals surface area contributed by atoms with Gasteiger partial charge < -0.3 is 5.32 Å². The largest absolute Gasteiger partial charge is 0.308 e. The minimum atomic E-state index is -0.366. The average molecular weight is 312 g/mol. The summed E-state index contributed by atoms with van der Waals surface area (Å²) in [5, 5.41) is 3.42. The molecule has 2 rings (SSSR count). The van der Waals surface area contributed by atoms with Crippen LogP contribution in [0.5, 0.6) is 0 Å². The molecule has 2 aromatic carbocycles. The second-order valence-electron chi connectivity index (χ2n) is 4.63. The zero-order valence-electron chi connectivity index (χ0n) is 11.0. The molecule has 0 bridgehead atoms. The van der Waals surface area contributed by atoms with Crippen LogP contribution in [0.15, 0.2) is 48.5 Å². The molecule has 1 unspecified atom stereocenters. The molecule has 20 heavy (non-hydrogen) atoms. The van der Waals surface area contributed by atoms with Crippen molar-refractivity contribution in [3.05, 3.63) is 70.5 Å². The van der Waals surface area contributed by atoms with Crippen LogP contribution in [0, 0.1) is 5.82 Å². The number of benzene rings is 2. The first kappa shape index (κ1) is 15.3. The highest BCUT2D eigenvalue weighted by molar-refractivity contribution is 6.30. The van der Waals surface area contributed by atoms with Crippen LogP contribution in [0.3, 0.4) is 0 Å². The third-order valence-corrected chi connectivity index (χ3v) is 3.79. The number of rotatable bonds is 6. The zero-order valence-corrected chi connectivity index (χ0v) is 12.5. The van der Waals surface area contributed by atoms with E-state index in [1.807, 2.05) is 18.2 Å². The van der Waals surface area contributed by atoms with Gasteiger partial charge in [0.05, 0.1) is 5.02 Å². The minimum Gasteiger partial charge on any atom is -0.308 e. The van der Waals surface area contributed by atoms with Crippen LogP contribution < -0.4 is 5.32 Å². The van der Waals surface area contributed by atoms with Gasteiger partial charge in [0, 0.05) is 24.0 Å². The Kier molecular flexibility index (Phi) is 5.84. The van der Waals surface area contributed by atoms with Crippen LogP contribution in [0.2, 0.25) is 5.02 Å². The summed E-state index contributed by atoms with van der Waals surface area (Å²) in [6, 6.07) is 15.2. The molecular weight excluding hydrogens is 296 g/mol. The molecule has 0 aromatic heterocycles. The lowest BCUT2D eigenvalue weighted by atomic mass is 10.1. The van der Waals surface area contributed by atoms with Gasteiger partial charge in [-0.1, -0.05) is 54.1 Å². The first-order valence-electron chi connectivity index (χ1n) is 6.47. The summed E-state index contributed by atoms with van der Waals surface area (Å²) >= 11 is 11.7. The third kappa shape index (κ3) is 4.20. The van der Waals surface area contributed by atoms with Crippen molar-refractivity contribution in [3.8, 4) is 0 Å². The molecule has 4 heteroatoms. The summed E-state index contributed by atoms with van der Waals surface area (Å²) in [7, 11) is 0. The second-order valence-corrected chi connectivity index (χ2v) is 5.35. The lowest BCUT2D eigenvalue weighted by molar-refractivity contribution is 0.529. The fourth-order valence-electron chi connectivity index (χ4n) is 2.02. The molecular formula is C16H16Cl2FN. The van der Waals surface area contributed by atoms with E-state index in [1.165, 1.54) is 5.56 Å². The quantitative estimate of drug-likeness (QED) is 0.779. The molecule has 0 aliphatic heterocycles. The smallest absolute Gasteiger partial charge is 0.146 e. The van der Waals surface area contributed by atoms with Gasteiger partial charge in [0.25, 0.3) is 0 Å². The van der Waals surface area contributed by atoms with Gasteiger partial charge in [-0.15, -0.1) is 11.6 Å². The maximum Gasteiger partial charge on any atom is 0.146 e. The first-order chi connectivity index (χ1) is 9.70. The van der Waals surface area contributed by atoms with Gasteiger partial charge in [-0.05, 0) is 18.1 Å². The van der Waals surface area contributed by atoms with Gasteiger partial charge in [0.15, 0.2) is 0 Å². The fraction of sp³-hybridized carbons (Fsp3) is 0.250. The fourth-order valence-corrected chi connectivity index (χ4v) is 2.43. The Morgan fingerprint density at radius 1 is 1.05 bits per heavy atom. The molecule has 0 saturated heterocycles. The second kappa shape index (κ2) is 7.63. The Hall–Kier alpha value is -1.09. The van der Waals surface area contributed by atoms with Crippen molar-refractivity contribution in [2.45, 2.75) is 19.0 Å². The van der Waals surface area contributed by atoms with Crippen LogP contribution in [-0.2, 0) is 13.0 Å². The molecule has 0 radical (unpaired) electrons. The van der Waals surface area contributed by atoms with Gasteiger partial charge in [0.1, 0.15) is 5.82 Å². The Labute approximate surface area is 128 Å². The topological polar surface area (TPSA) is 12.0 Å². The van der Waals surface area contributed by atoms with Crippen LogP contribution in [0.1, 0.15) is 11.1 Å². The van der Waals surface area contributed by atoms with Gasteiger partial charge in [0.2, 0.25) is 0 Å². The molecule has 0 spiro atoms. The van der Waals surface area contributed by atoms with Gasteiger partial charge in [-0.2, -0.15) is 0 Å². The maximum atomic E-state index is 13.8. The Morgan fingerprint density at radius 3 is 2.50 bits per heavy atom. The van der Waals surface area contributed by atoms with Crippen LogP contribution >= 0.6 is 23.2 Å². The van der Waals surface area contributed by atoms with Crippen molar-refractivity contribution in [3.63, 3.8) is 0 Å². The standard InChI is InChI=1S/C16H16Cl2FN/c17-10-14(9-12-5-2-1-3-6-12)20-11-13-7-4-8-15(18)16(13)19/h1-8,14,20H,9-11H2. The van der Waals surface area contributed by atoms with Crippen molar-refractivity contribution in [2.24, 2.45) is 0 Å². The molecule has 106 valence electrons. The Balaban J connectivity index is 1.95. The molecule has 1 nitrogen and oxygen atoms in total. The monoisotopic (exact) mass is 311 g/mol. The molecule has 0 aliphatic rings. The molecule has 0 amide bonds. The normalized spacial score (nSPS) is 12.3. The SMILES string of the molecule is Fc1c(Cl)cccc1CNC(CCl)Cc1ccccc1. The molecule has 0 aliphatic carbocycles. The van der Waals surface area contributed by atoms with E-state index in [-0.39, 0.29) is 16.9 Å². The van der Waals surface area contributed by atoms with E-state index in [2.05, 4.69) is 17.4 Å². The first-order valence-corrected chi connectivity index (χ1v) is 7.38. The van der Waals surface area contributed by atoms with Gasteiger partial charge >= 0.3 is 0 Å². The van der Waals surface area contributed by atoms with E-state index in [9.17, 15) is 4.39 Å². The maximum absolute atomic E-state index is 13.8. The van der Waals surface area contributed by atoms with Gasteiger partial charge in [-0.3, -0.25) is 0 Å². The van der Waals surface area contributed by atoms with Crippen molar-refractivity contribution >= 4 is 23.2 Å². The third-order valence-electron chi connectivity index (χ3n) is 3.12. The molecule has 0 fully saturated rings. The number of alkyl halides is 1. The lowest BCUT2D eigenvalue weighted by Gasteiger charge is -2.16. The molecule has 0 heterocycles. The van der Waals surface area contributed by atoms with E-state index in [0.29, 0.717) is 18.0 Å². The van der Waals surface area contributed by atoms with E-state index < -0.39 is 0 Å². The lowest BCUT2D eigenvalue weighted by Crippen LogP contribution is -2.32. The van der Waals surface area contributed by atoms with Gasteiger partial charge in [-0.25, -0.2) is 4.39 Å². The summed E-state index contributed by atoms with van der Waals surface area (Å²) < 4.78 is 13.8. The minimum absolute atomic E-state index is 0.0949. The summed E-state index contributed by atoms with van der Waals surface area (Å²) in [6.45, 7) is 0.413. The predicted octanol–water partition coefficient (Wildman–Crippen LogP) is 4.42.